The topological polar surface area (TPSA) is 29.1 Å². The Morgan fingerprint density at radius 1 is 1.35 bits per heavy atom. The molecule has 1 fully saturated rings. The SMILES string of the molecule is CCCNC1CCC(C)C(C(=O)CC(C)C)C1. The molecule has 0 radical (unpaired) electrons. The van der Waals surface area contributed by atoms with Crippen LogP contribution in [0, 0.1) is 17.8 Å². The van der Waals surface area contributed by atoms with Crippen molar-refractivity contribution in [2.45, 2.75) is 65.8 Å². The van der Waals surface area contributed by atoms with Crippen LogP contribution in [0.5, 0.6) is 0 Å². The van der Waals surface area contributed by atoms with Crippen LogP contribution in [0.2, 0.25) is 0 Å². The second kappa shape index (κ2) is 7.15. The molecule has 0 aromatic carbocycles. The highest BCUT2D eigenvalue weighted by Gasteiger charge is 2.32. The fourth-order valence-electron chi connectivity index (χ4n) is 2.86. The van der Waals surface area contributed by atoms with E-state index in [0.29, 0.717) is 29.6 Å². The second-order valence-electron chi connectivity index (χ2n) is 6.11. The average molecular weight is 239 g/mol. The molecule has 0 amide bonds. The second-order valence-corrected chi connectivity index (χ2v) is 6.11. The molecule has 1 saturated carbocycles. The predicted molar refractivity (Wildman–Crippen MR) is 73.0 cm³/mol. The first-order valence-corrected chi connectivity index (χ1v) is 7.30. The van der Waals surface area contributed by atoms with Crippen LogP contribution in [-0.4, -0.2) is 18.4 Å². The molecule has 0 aromatic rings. The molecule has 0 aromatic heterocycles. The van der Waals surface area contributed by atoms with Gasteiger partial charge in [-0.05, 0) is 44.1 Å². The van der Waals surface area contributed by atoms with E-state index >= 15 is 0 Å². The Balaban J connectivity index is 2.47. The van der Waals surface area contributed by atoms with Gasteiger partial charge in [-0.25, -0.2) is 0 Å². The number of rotatable bonds is 6. The standard InChI is InChI=1S/C15H29NO/c1-5-8-16-13-7-6-12(4)14(10-13)15(17)9-11(2)3/h11-14,16H,5-10H2,1-4H3. The van der Waals surface area contributed by atoms with E-state index in [4.69, 9.17) is 0 Å². The van der Waals surface area contributed by atoms with Crippen molar-refractivity contribution < 1.29 is 4.79 Å². The molecule has 17 heavy (non-hydrogen) atoms. The number of carbonyl (C=O) groups is 1. The van der Waals surface area contributed by atoms with E-state index in [-0.39, 0.29) is 0 Å². The van der Waals surface area contributed by atoms with Gasteiger partial charge in [0.15, 0.2) is 0 Å². The zero-order valence-corrected chi connectivity index (χ0v) is 12.0. The van der Waals surface area contributed by atoms with Crippen LogP contribution in [0.15, 0.2) is 0 Å². The summed E-state index contributed by atoms with van der Waals surface area (Å²) in [7, 11) is 0. The van der Waals surface area contributed by atoms with Crippen molar-refractivity contribution in [1.82, 2.24) is 5.32 Å². The summed E-state index contributed by atoms with van der Waals surface area (Å²) in [5, 5.41) is 3.58. The number of carbonyl (C=O) groups excluding carboxylic acids is 1. The van der Waals surface area contributed by atoms with Crippen molar-refractivity contribution in [1.29, 1.82) is 0 Å². The Hall–Kier alpha value is -0.370. The minimum atomic E-state index is 0.306. The third kappa shape index (κ3) is 4.79. The van der Waals surface area contributed by atoms with E-state index in [1.165, 1.54) is 19.3 Å². The Morgan fingerprint density at radius 3 is 2.65 bits per heavy atom. The van der Waals surface area contributed by atoms with Gasteiger partial charge in [-0.3, -0.25) is 4.79 Å². The molecule has 3 unspecified atom stereocenters. The fourth-order valence-corrected chi connectivity index (χ4v) is 2.86. The van der Waals surface area contributed by atoms with Crippen molar-refractivity contribution in [3.05, 3.63) is 0 Å². The largest absolute Gasteiger partial charge is 0.314 e. The molecule has 1 rings (SSSR count). The van der Waals surface area contributed by atoms with Gasteiger partial charge in [0.1, 0.15) is 5.78 Å². The molecule has 3 atom stereocenters. The predicted octanol–water partition coefficient (Wildman–Crippen LogP) is 3.41. The summed E-state index contributed by atoms with van der Waals surface area (Å²) in [6, 6.07) is 0.576. The molecule has 0 aliphatic heterocycles. The number of ketones is 1. The summed E-state index contributed by atoms with van der Waals surface area (Å²) in [5.41, 5.74) is 0. The minimum absolute atomic E-state index is 0.306. The highest BCUT2D eigenvalue weighted by atomic mass is 16.1. The van der Waals surface area contributed by atoms with E-state index in [9.17, 15) is 4.79 Å². The zero-order chi connectivity index (χ0) is 12.8. The van der Waals surface area contributed by atoms with Gasteiger partial charge in [0.05, 0.1) is 0 Å². The third-order valence-electron chi connectivity index (χ3n) is 3.90. The Bertz CT molecular complexity index is 235. The fraction of sp³-hybridized carbons (Fsp3) is 0.933. The molecular weight excluding hydrogens is 210 g/mol. The summed E-state index contributed by atoms with van der Waals surface area (Å²) >= 11 is 0. The highest BCUT2D eigenvalue weighted by molar-refractivity contribution is 5.81. The smallest absolute Gasteiger partial charge is 0.136 e. The Labute approximate surface area is 107 Å². The van der Waals surface area contributed by atoms with Gasteiger partial charge in [-0.1, -0.05) is 27.7 Å². The maximum absolute atomic E-state index is 12.2. The first-order chi connectivity index (χ1) is 8.04. The lowest BCUT2D eigenvalue weighted by Gasteiger charge is -2.34. The summed E-state index contributed by atoms with van der Waals surface area (Å²) in [5.74, 6) is 1.88. The maximum Gasteiger partial charge on any atom is 0.136 e. The maximum atomic E-state index is 12.2. The molecule has 2 heteroatoms. The molecule has 2 nitrogen and oxygen atoms in total. The van der Waals surface area contributed by atoms with Gasteiger partial charge in [-0.15, -0.1) is 0 Å². The van der Waals surface area contributed by atoms with Crippen molar-refractivity contribution >= 4 is 5.78 Å². The molecule has 0 saturated heterocycles. The lowest BCUT2D eigenvalue weighted by atomic mass is 9.74. The molecule has 100 valence electrons. The van der Waals surface area contributed by atoms with Crippen LogP contribution in [0.1, 0.15) is 59.8 Å². The van der Waals surface area contributed by atoms with E-state index in [2.05, 4.69) is 33.0 Å². The van der Waals surface area contributed by atoms with Crippen molar-refractivity contribution in [2.24, 2.45) is 17.8 Å². The Kier molecular flexibility index (Phi) is 6.18. The van der Waals surface area contributed by atoms with E-state index < -0.39 is 0 Å². The molecule has 1 N–H and O–H groups in total. The van der Waals surface area contributed by atoms with Gasteiger partial charge >= 0.3 is 0 Å². The molecule has 0 spiro atoms. The molecule has 0 heterocycles. The van der Waals surface area contributed by atoms with E-state index in [1.54, 1.807) is 0 Å². The average Bonchev–Trinajstić information content (AvgIpc) is 2.27. The minimum Gasteiger partial charge on any atom is -0.314 e. The van der Waals surface area contributed by atoms with Crippen LogP contribution in [-0.2, 0) is 4.79 Å². The zero-order valence-electron chi connectivity index (χ0n) is 12.0. The Morgan fingerprint density at radius 2 is 2.06 bits per heavy atom. The number of Topliss-reactive ketones (excluding diaryl/α,β-unsaturated/α-hetero) is 1. The lowest BCUT2D eigenvalue weighted by molar-refractivity contribution is -0.126. The van der Waals surface area contributed by atoms with Crippen molar-refractivity contribution in [3.63, 3.8) is 0 Å². The normalized spacial score (nSPS) is 29.6. The monoisotopic (exact) mass is 239 g/mol. The van der Waals surface area contributed by atoms with Crippen LogP contribution in [0.4, 0.5) is 0 Å². The highest BCUT2D eigenvalue weighted by Crippen LogP contribution is 2.32. The first kappa shape index (κ1) is 14.7. The molecule has 0 bridgehead atoms. The summed E-state index contributed by atoms with van der Waals surface area (Å²) in [4.78, 5) is 12.2. The quantitative estimate of drug-likeness (QED) is 0.769. The van der Waals surface area contributed by atoms with E-state index in [0.717, 1.165) is 19.4 Å². The molecule has 1 aliphatic carbocycles. The van der Waals surface area contributed by atoms with Gasteiger partial charge in [-0.2, -0.15) is 0 Å². The van der Waals surface area contributed by atoms with Gasteiger partial charge in [0, 0.05) is 18.4 Å². The van der Waals surface area contributed by atoms with Crippen LogP contribution in [0.3, 0.4) is 0 Å². The number of hydrogen-bond acceptors (Lipinski definition) is 2. The van der Waals surface area contributed by atoms with Crippen LogP contribution < -0.4 is 5.32 Å². The summed E-state index contributed by atoms with van der Waals surface area (Å²) in [6.07, 6.45) is 5.45. The number of nitrogens with one attached hydrogen (secondary N) is 1. The van der Waals surface area contributed by atoms with Gasteiger partial charge < -0.3 is 5.32 Å². The lowest BCUT2D eigenvalue weighted by Crippen LogP contribution is -2.40. The van der Waals surface area contributed by atoms with Crippen molar-refractivity contribution in [3.8, 4) is 0 Å². The third-order valence-corrected chi connectivity index (χ3v) is 3.90. The van der Waals surface area contributed by atoms with Gasteiger partial charge in [0.2, 0.25) is 0 Å². The van der Waals surface area contributed by atoms with Crippen molar-refractivity contribution in [2.75, 3.05) is 6.54 Å². The van der Waals surface area contributed by atoms with Crippen LogP contribution >= 0.6 is 0 Å². The molecular formula is C15H29NO. The first-order valence-electron chi connectivity index (χ1n) is 7.30. The van der Waals surface area contributed by atoms with Gasteiger partial charge in [0.25, 0.3) is 0 Å². The molecule has 1 aliphatic rings. The number of hydrogen-bond donors (Lipinski definition) is 1. The van der Waals surface area contributed by atoms with E-state index in [1.807, 2.05) is 0 Å². The summed E-state index contributed by atoms with van der Waals surface area (Å²) in [6.45, 7) is 9.80. The van der Waals surface area contributed by atoms with Crippen LogP contribution in [0.25, 0.3) is 0 Å². The summed E-state index contributed by atoms with van der Waals surface area (Å²) < 4.78 is 0.